The number of fused-ring (bicyclic) bond motifs is 1. The van der Waals surface area contributed by atoms with Crippen LogP contribution in [0.4, 0.5) is 5.69 Å². The van der Waals surface area contributed by atoms with Gasteiger partial charge in [-0.25, -0.2) is 0 Å². The van der Waals surface area contributed by atoms with Crippen molar-refractivity contribution >= 4 is 23.5 Å². The van der Waals surface area contributed by atoms with Gasteiger partial charge in [-0.15, -0.1) is 0 Å². The predicted molar refractivity (Wildman–Crippen MR) is 87.7 cm³/mol. The maximum atomic E-state index is 12.0. The van der Waals surface area contributed by atoms with Crippen molar-refractivity contribution in [2.24, 2.45) is 0 Å². The van der Waals surface area contributed by atoms with Crippen molar-refractivity contribution in [2.75, 3.05) is 12.8 Å². The number of rotatable bonds is 4. The minimum absolute atomic E-state index is 0.202. The topological polar surface area (TPSA) is 89.7 Å². The smallest absolute Gasteiger partial charge is 0.311 e. The summed E-state index contributed by atoms with van der Waals surface area (Å²) in [5.41, 5.74) is 7.85. The molecule has 1 heterocycles. The third-order valence-corrected chi connectivity index (χ3v) is 3.89. The average molecular weight is 324 g/mol. The lowest BCUT2D eigenvalue weighted by Crippen LogP contribution is -2.24. The van der Waals surface area contributed by atoms with Crippen LogP contribution in [-0.4, -0.2) is 29.7 Å². The van der Waals surface area contributed by atoms with Crippen molar-refractivity contribution in [1.82, 2.24) is 4.90 Å². The molecule has 0 aliphatic carbocycles. The van der Waals surface area contributed by atoms with Gasteiger partial charge in [0.05, 0.1) is 11.1 Å². The molecule has 0 bridgehead atoms. The van der Waals surface area contributed by atoms with E-state index in [9.17, 15) is 14.4 Å². The molecule has 0 fully saturated rings. The van der Waals surface area contributed by atoms with Crippen molar-refractivity contribution in [1.29, 1.82) is 0 Å². The molecular weight excluding hydrogens is 308 g/mol. The van der Waals surface area contributed by atoms with E-state index in [0.717, 1.165) is 10.5 Å². The monoisotopic (exact) mass is 324 g/mol. The van der Waals surface area contributed by atoms with Crippen LogP contribution in [0.15, 0.2) is 42.5 Å². The maximum absolute atomic E-state index is 12.0. The molecule has 2 N–H and O–H groups in total. The summed E-state index contributed by atoms with van der Waals surface area (Å²) in [7, 11) is 1.42. The number of hydrogen-bond donors (Lipinski definition) is 1. The molecule has 3 rings (SSSR count). The van der Waals surface area contributed by atoms with Gasteiger partial charge in [-0.1, -0.05) is 12.1 Å². The zero-order chi connectivity index (χ0) is 17.3. The lowest BCUT2D eigenvalue weighted by Gasteiger charge is -2.06. The van der Waals surface area contributed by atoms with Crippen LogP contribution < -0.4 is 10.5 Å². The van der Waals surface area contributed by atoms with Crippen molar-refractivity contribution < 1.29 is 19.1 Å². The minimum atomic E-state index is -0.406. The molecule has 0 saturated carbocycles. The normalized spacial score (nSPS) is 13.1. The second-order valence-corrected chi connectivity index (χ2v) is 5.59. The second-order valence-electron chi connectivity index (χ2n) is 5.59. The Kier molecular flexibility index (Phi) is 4.04. The molecule has 1 aliphatic rings. The number of imide groups is 1. The summed E-state index contributed by atoms with van der Waals surface area (Å²) in [5, 5.41) is 0. The number of carbonyl (C=O) groups is 3. The summed E-state index contributed by atoms with van der Waals surface area (Å²) >= 11 is 0. The molecule has 0 radical (unpaired) electrons. The van der Waals surface area contributed by atoms with Crippen molar-refractivity contribution in [3.63, 3.8) is 0 Å². The fraction of sp³-hybridized carbons (Fsp3) is 0.167. The van der Waals surface area contributed by atoms with Crippen LogP contribution in [0.2, 0.25) is 0 Å². The Balaban J connectivity index is 1.64. The SMILES string of the molecule is CN1C(=O)c2ccc(OC(=O)CCc3ccc(N)cc3)cc2C1=O. The van der Waals surface area contributed by atoms with Gasteiger partial charge in [0.25, 0.3) is 11.8 Å². The summed E-state index contributed by atoms with van der Waals surface area (Å²) in [6, 6.07) is 11.7. The Bertz CT molecular complexity index is 827. The van der Waals surface area contributed by atoms with Gasteiger partial charge < -0.3 is 10.5 Å². The van der Waals surface area contributed by atoms with E-state index in [-0.39, 0.29) is 23.6 Å². The molecular formula is C18H16N2O4. The van der Waals surface area contributed by atoms with Crippen LogP contribution in [-0.2, 0) is 11.2 Å². The number of amides is 2. The highest BCUT2D eigenvalue weighted by Gasteiger charge is 2.33. The highest BCUT2D eigenvalue weighted by atomic mass is 16.5. The van der Waals surface area contributed by atoms with E-state index in [1.807, 2.05) is 12.1 Å². The predicted octanol–water partition coefficient (Wildman–Crippen LogP) is 2.03. The van der Waals surface area contributed by atoms with Gasteiger partial charge in [-0.05, 0) is 42.3 Å². The highest BCUT2D eigenvalue weighted by Crippen LogP contribution is 2.26. The van der Waals surface area contributed by atoms with Crippen molar-refractivity contribution in [3.8, 4) is 5.75 Å². The van der Waals surface area contributed by atoms with E-state index >= 15 is 0 Å². The van der Waals surface area contributed by atoms with Crippen molar-refractivity contribution in [3.05, 3.63) is 59.2 Å². The minimum Gasteiger partial charge on any atom is -0.426 e. The van der Waals surface area contributed by atoms with Gasteiger partial charge in [-0.2, -0.15) is 0 Å². The number of hydrogen-bond acceptors (Lipinski definition) is 5. The zero-order valence-electron chi connectivity index (χ0n) is 13.1. The van der Waals surface area contributed by atoms with E-state index in [2.05, 4.69) is 0 Å². The van der Waals surface area contributed by atoms with Crippen LogP contribution >= 0.6 is 0 Å². The van der Waals surface area contributed by atoms with E-state index < -0.39 is 11.9 Å². The van der Waals surface area contributed by atoms with E-state index in [0.29, 0.717) is 17.7 Å². The Hall–Kier alpha value is -3.15. The quantitative estimate of drug-likeness (QED) is 0.402. The first kappa shape index (κ1) is 15.7. The molecule has 24 heavy (non-hydrogen) atoms. The standard InChI is InChI=1S/C18H16N2O4/c1-20-17(22)14-8-7-13(10-15(14)18(20)23)24-16(21)9-4-11-2-5-12(19)6-3-11/h2-3,5-8,10H,4,9,19H2,1H3. The molecule has 6 nitrogen and oxygen atoms in total. The van der Waals surface area contributed by atoms with Gasteiger partial charge in [0.15, 0.2) is 0 Å². The second kappa shape index (κ2) is 6.16. The Morgan fingerprint density at radius 1 is 1.04 bits per heavy atom. The third-order valence-electron chi connectivity index (χ3n) is 3.89. The molecule has 2 amide bonds. The highest BCUT2D eigenvalue weighted by molar-refractivity contribution is 6.21. The largest absolute Gasteiger partial charge is 0.426 e. The molecule has 0 aromatic heterocycles. The molecule has 0 unspecified atom stereocenters. The summed E-state index contributed by atoms with van der Waals surface area (Å²) in [4.78, 5) is 36.7. The molecule has 2 aromatic rings. The number of aryl methyl sites for hydroxylation is 1. The summed E-state index contributed by atoms with van der Waals surface area (Å²) < 4.78 is 5.26. The molecule has 0 spiro atoms. The van der Waals surface area contributed by atoms with Crippen LogP contribution in [0.25, 0.3) is 0 Å². The number of ether oxygens (including phenoxy) is 1. The fourth-order valence-corrected chi connectivity index (χ4v) is 2.52. The summed E-state index contributed by atoms with van der Waals surface area (Å²) in [6.45, 7) is 0. The fourth-order valence-electron chi connectivity index (χ4n) is 2.52. The van der Waals surface area contributed by atoms with Gasteiger partial charge >= 0.3 is 5.97 Å². The van der Waals surface area contributed by atoms with Gasteiger partial charge in [0.1, 0.15) is 5.75 Å². The average Bonchev–Trinajstić information content (AvgIpc) is 2.79. The number of anilines is 1. The number of nitrogens with two attached hydrogens (primary N) is 1. The van der Waals surface area contributed by atoms with Crippen LogP contribution in [0.1, 0.15) is 32.7 Å². The zero-order valence-corrected chi connectivity index (χ0v) is 13.1. The van der Waals surface area contributed by atoms with Crippen LogP contribution in [0.5, 0.6) is 5.75 Å². The molecule has 0 saturated heterocycles. The van der Waals surface area contributed by atoms with Gasteiger partial charge in [0.2, 0.25) is 0 Å². The Labute approximate surface area is 138 Å². The number of nitrogen functional groups attached to an aromatic ring is 1. The maximum Gasteiger partial charge on any atom is 0.311 e. The van der Waals surface area contributed by atoms with Gasteiger partial charge in [0, 0.05) is 19.2 Å². The van der Waals surface area contributed by atoms with E-state index in [4.69, 9.17) is 10.5 Å². The third kappa shape index (κ3) is 2.99. The van der Waals surface area contributed by atoms with Crippen LogP contribution in [0.3, 0.4) is 0 Å². The number of esters is 1. The molecule has 6 heteroatoms. The molecule has 0 atom stereocenters. The Morgan fingerprint density at radius 3 is 2.42 bits per heavy atom. The summed E-state index contributed by atoms with van der Waals surface area (Å²) in [5.74, 6) is -0.893. The van der Waals surface area contributed by atoms with E-state index in [1.165, 1.54) is 25.2 Å². The number of carbonyl (C=O) groups excluding carboxylic acids is 3. The number of benzene rings is 2. The molecule has 122 valence electrons. The first-order valence-corrected chi connectivity index (χ1v) is 7.47. The van der Waals surface area contributed by atoms with Gasteiger partial charge in [-0.3, -0.25) is 19.3 Å². The van der Waals surface area contributed by atoms with E-state index in [1.54, 1.807) is 12.1 Å². The van der Waals surface area contributed by atoms with Crippen molar-refractivity contribution in [2.45, 2.75) is 12.8 Å². The lowest BCUT2D eigenvalue weighted by atomic mass is 10.1. The summed E-state index contributed by atoms with van der Waals surface area (Å²) in [6.07, 6.45) is 0.734. The molecule has 1 aliphatic heterocycles. The number of nitrogens with zero attached hydrogens (tertiary/aromatic N) is 1. The van der Waals surface area contributed by atoms with Crippen LogP contribution in [0, 0.1) is 0 Å². The first-order chi connectivity index (χ1) is 11.5. The first-order valence-electron chi connectivity index (χ1n) is 7.47. The Morgan fingerprint density at radius 2 is 1.71 bits per heavy atom. The molecule has 2 aromatic carbocycles. The lowest BCUT2D eigenvalue weighted by molar-refractivity contribution is -0.134.